The zero-order valence-corrected chi connectivity index (χ0v) is 15.1. The van der Waals surface area contributed by atoms with Crippen LogP contribution in [0.3, 0.4) is 0 Å². The van der Waals surface area contributed by atoms with Gasteiger partial charge in [-0.05, 0) is 62.3 Å². The van der Waals surface area contributed by atoms with Crippen molar-refractivity contribution >= 4 is 27.6 Å². The Morgan fingerprint density at radius 2 is 1.52 bits per heavy atom. The van der Waals surface area contributed by atoms with Crippen molar-refractivity contribution in [1.29, 1.82) is 0 Å². The van der Waals surface area contributed by atoms with Crippen molar-refractivity contribution in [2.45, 2.75) is 32.3 Å². The summed E-state index contributed by atoms with van der Waals surface area (Å²) in [5, 5.41) is 12.6. The molecule has 1 aliphatic heterocycles. The van der Waals surface area contributed by atoms with Crippen LogP contribution < -0.4 is 5.32 Å². The largest absolute Gasteiger partial charge is 0.480 e. The van der Waals surface area contributed by atoms with Gasteiger partial charge >= 0.3 is 5.97 Å². The minimum Gasteiger partial charge on any atom is -0.480 e. The molecule has 0 aliphatic carbocycles. The van der Waals surface area contributed by atoms with E-state index in [9.17, 15) is 18.3 Å². The average Bonchev–Trinajstić information content (AvgIpc) is 2.63. The lowest BCUT2D eigenvalue weighted by atomic mass is 9.97. The quantitative estimate of drug-likeness (QED) is 0.834. The second kappa shape index (κ2) is 7.19. The highest BCUT2D eigenvalue weighted by atomic mass is 32.2. The molecule has 1 fully saturated rings. The first kappa shape index (κ1) is 18.0. The molecule has 0 saturated carbocycles. The number of nitrogens with one attached hydrogen (secondary N) is 1. The second-order valence-corrected chi connectivity index (χ2v) is 9.35. The first-order valence-electron chi connectivity index (χ1n) is 7.97. The van der Waals surface area contributed by atoms with Crippen LogP contribution in [0.1, 0.15) is 12.8 Å². The summed E-state index contributed by atoms with van der Waals surface area (Å²) in [5.74, 6) is -1.27. The average molecular weight is 377 g/mol. The number of piperidine rings is 1. The summed E-state index contributed by atoms with van der Waals surface area (Å²) in [5.41, 5.74) is 0. The Bertz CT molecular complexity index is 842. The van der Waals surface area contributed by atoms with Gasteiger partial charge in [-0.1, -0.05) is 30.0 Å². The number of rotatable bonds is 5. The molecule has 7 heteroatoms. The monoisotopic (exact) mass is 377 g/mol. The molecular weight excluding hydrogens is 358 g/mol. The lowest BCUT2D eigenvalue weighted by Gasteiger charge is -2.33. The Balaban J connectivity index is 1.88. The molecule has 1 aliphatic rings. The van der Waals surface area contributed by atoms with E-state index in [2.05, 4.69) is 5.32 Å². The molecule has 3 rings (SSSR count). The number of benzene rings is 2. The molecule has 0 bridgehead atoms. The van der Waals surface area contributed by atoms with Crippen LogP contribution in [0.15, 0.2) is 69.3 Å². The molecule has 25 heavy (non-hydrogen) atoms. The molecule has 5 nitrogen and oxygen atoms in total. The normalized spacial score (nSPS) is 17.1. The van der Waals surface area contributed by atoms with Crippen molar-refractivity contribution < 1.29 is 18.3 Å². The minimum absolute atomic E-state index is 0.0641. The Kier molecular flexibility index (Phi) is 5.17. The SMILES string of the molecule is O=C(O)C1(S(=O)(=O)c2ccc(Sc3ccccc3)cc2)CCNCC1. The molecule has 1 saturated heterocycles. The van der Waals surface area contributed by atoms with Gasteiger partial charge in [0.05, 0.1) is 4.90 Å². The first-order chi connectivity index (χ1) is 12.0. The molecule has 0 unspecified atom stereocenters. The Hall–Kier alpha value is -1.83. The molecule has 2 aromatic carbocycles. The predicted molar refractivity (Wildman–Crippen MR) is 96.7 cm³/mol. The van der Waals surface area contributed by atoms with E-state index in [0.29, 0.717) is 13.1 Å². The van der Waals surface area contributed by atoms with E-state index in [1.165, 1.54) is 23.9 Å². The van der Waals surface area contributed by atoms with Crippen molar-refractivity contribution in [3.05, 3.63) is 54.6 Å². The summed E-state index contributed by atoms with van der Waals surface area (Å²) in [4.78, 5) is 13.8. The van der Waals surface area contributed by atoms with Gasteiger partial charge in [0.1, 0.15) is 0 Å². The van der Waals surface area contributed by atoms with Crippen molar-refractivity contribution in [3.63, 3.8) is 0 Å². The van der Waals surface area contributed by atoms with Gasteiger partial charge in [-0.3, -0.25) is 4.79 Å². The fourth-order valence-electron chi connectivity index (χ4n) is 2.97. The van der Waals surface area contributed by atoms with Crippen LogP contribution in [0, 0.1) is 0 Å². The number of carboxylic acid groups (broad SMARTS) is 1. The summed E-state index contributed by atoms with van der Waals surface area (Å²) in [6.07, 6.45) is 0.149. The maximum Gasteiger partial charge on any atom is 0.325 e. The number of hydrogen-bond acceptors (Lipinski definition) is 5. The third kappa shape index (κ3) is 3.44. The van der Waals surface area contributed by atoms with Crippen LogP contribution in [-0.4, -0.2) is 37.3 Å². The second-order valence-electron chi connectivity index (χ2n) is 5.94. The van der Waals surface area contributed by atoms with Crippen LogP contribution in [0.5, 0.6) is 0 Å². The minimum atomic E-state index is -3.96. The molecule has 2 N–H and O–H groups in total. The zero-order chi connectivity index (χ0) is 17.9. The Labute approximate surface area is 151 Å². The summed E-state index contributed by atoms with van der Waals surface area (Å²) in [7, 11) is -3.96. The van der Waals surface area contributed by atoms with Crippen molar-refractivity contribution in [2.24, 2.45) is 0 Å². The molecule has 0 amide bonds. The summed E-state index contributed by atoms with van der Waals surface area (Å²) >= 11 is 1.53. The molecule has 2 aromatic rings. The molecule has 1 heterocycles. The van der Waals surface area contributed by atoms with E-state index >= 15 is 0 Å². The van der Waals surface area contributed by atoms with Gasteiger partial charge < -0.3 is 10.4 Å². The summed E-state index contributed by atoms with van der Waals surface area (Å²) in [6, 6.07) is 16.2. The van der Waals surface area contributed by atoms with Gasteiger partial charge in [-0.2, -0.15) is 0 Å². The molecule has 0 atom stereocenters. The lowest BCUT2D eigenvalue weighted by molar-refractivity contribution is -0.140. The van der Waals surface area contributed by atoms with Gasteiger partial charge in [0.2, 0.25) is 0 Å². The van der Waals surface area contributed by atoms with Gasteiger partial charge in [-0.25, -0.2) is 8.42 Å². The topological polar surface area (TPSA) is 83.5 Å². The predicted octanol–water partition coefficient (Wildman–Crippen LogP) is 2.82. The highest BCUT2D eigenvalue weighted by Gasteiger charge is 2.52. The van der Waals surface area contributed by atoms with E-state index in [-0.39, 0.29) is 17.7 Å². The number of carbonyl (C=O) groups is 1. The smallest absolute Gasteiger partial charge is 0.325 e. The molecule has 132 valence electrons. The van der Waals surface area contributed by atoms with Crippen molar-refractivity contribution in [3.8, 4) is 0 Å². The lowest BCUT2D eigenvalue weighted by Crippen LogP contribution is -2.53. The number of sulfone groups is 1. The maximum absolute atomic E-state index is 13.0. The van der Waals surface area contributed by atoms with E-state index in [4.69, 9.17) is 0 Å². The maximum atomic E-state index is 13.0. The fraction of sp³-hybridized carbons (Fsp3) is 0.278. The van der Waals surface area contributed by atoms with Crippen molar-refractivity contribution in [1.82, 2.24) is 5.32 Å². The third-order valence-electron chi connectivity index (χ3n) is 4.43. The fourth-order valence-corrected chi connectivity index (χ4v) is 5.72. The van der Waals surface area contributed by atoms with E-state index in [1.807, 2.05) is 30.3 Å². The van der Waals surface area contributed by atoms with Crippen LogP contribution in [0.25, 0.3) is 0 Å². The van der Waals surface area contributed by atoms with Gasteiger partial charge in [0, 0.05) is 9.79 Å². The van der Waals surface area contributed by atoms with Gasteiger partial charge in [0.25, 0.3) is 0 Å². The van der Waals surface area contributed by atoms with Gasteiger partial charge in [0.15, 0.2) is 14.6 Å². The Morgan fingerprint density at radius 3 is 2.08 bits per heavy atom. The number of aliphatic carboxylic acids is 1. The molecule has 0 aromatic heterocycles. The molecule has 0 spiro atoms. The molecule has 0 radical (unpaired) electrons. The van der Waals surface area contributed by atoms with Gasteiger partial charge in [-0.15, -0.1) is 0 Å². The van der Waals surface area contributed by atoms with Crippen LogP contribution in [0.4, 0.5) is 0 Å². The summed E-state index contributed by atoms with van der Waals surface area (Å²) in [6.45, 7) is 0.765. The highest BCUT2D eigenvalue weighted by Crippen LogP contribution is 2.35. The number of carboxylic acids is 1. The van der Waals surface area contributed by atoms with Crippen LogP contribution in [0.2, 0.25) is 0 Å². The molecular formula is C18H19NO4S2. The Morgan fingerprint density at radius 1 is 0.960 bits per heavy atom. The van der Waals surface area contributed by atoms with Crippen LogP contribution >= 0.6 is 11.8 Å². The summed E-state index contributed by atoms with van der Waals surface area (Å²) < 4.78 is 24.3. The highest BCUT2D eigenvalue weighted by molar-refractivity contribution is 7.99. The standard InChI is InChI=1S/C18H19NO4S2/c20-17(21)18(10-12-19-13-11-18)25(22,23)16-8-6-15(7-9-16)24-14-4-2-1-3-5-14/h1-9,19H,10-13H2,(H,20,21). The van der Waals surface area contributed by atoms with Crippen molar-refractivity contribution in [2.75, 3.05) is 13.1 Å². The zero-order valence-electron chi connectivity index (χ0n) is 13.5. The van der Waals surface area contributed by atoms with E-state index in [1.54, 1.807) is 12.1 Å². The van der Waals surface area contributed by atoms with E-state index < -0.39 is 20.6 Å². The van der Waals surface area contributed by atoms with Crippen LogP contribution in [-0.2, 0) is 14.6 Å². The number of hydrogen-bond donors (Lipinski definition) is 2. The third-order valence-corrected chi connectivity index (χ3v) is 7.95. The first-order valence-corrected chi connectivity index (χ1v) is 10.3. The van der Waals surface area contributed by atoms with E-state index in [0.717, 1.165) is 9.79 Å².